The summed E-state index contributed by atoms with van der Waals surface area (Å²) in [7, 11) is 1.65. The first-order chi connectivity index (χ1) is 10.4. The minimum Gasteiger partial charge on any atom is -0.382 e. The number of rotatable bonds is 9. The van der Waals surface area contributed by atoms with Crippen molar-refractivity contribution in [3.8, 4) is 5.69 Å². The van der Waals surface area contributed by atoms with Crippen LogP contribution in [0.25, 0.3) is 5.69 Å². The monoisotopic (exact) mass is 291 g/mol. The summed E-state index contributed by atoms with van der Waals surface area (Å²) in [6.45, 7) is 1.74. The highest BCUT2D eigenvalue weighted by Crippen LogP contribution is 2.18. The molecule has 0 aliphatic carbocycles. The van der Waals surface area contributed by atoms with Crippen molar-refractivity contribution in [2.75, 3.05) is 26.9 Å². The van der Waals surface area contributed by atoms with Gasteiger partial charge in [0.25, 0.3) is 0 Å². The van der Waals surface area contributed by atoms with E-state index in [0.29, 0.717) is 19.8 Å². The molecule has 0 fully saturated rings. The van der Waals surface area contributed by atoms with Crippen LogP contribution in [0.1, 0.15) is 18.2 Å². The number of nitrogens with one attached hydrogen (secondary N) is 1. The molecule has 1 aromatic heterocycles. The topological polar surface area (TPSA) is 87.2 Å². The van der Waals surface area contributed by atoms with E-state index < -0.39 is 0 Å². The Bertz CT molecular complexity index is 517. The second-order valence-corrected chi connectivity index (χ2v) is 4.52. The second kappa shape index (κ2) is 8.48. The molecular weight excluding hydrogens is 270 g/mol. The molecule has 0 radical (unpaired) electrons. The lowest BCUT2D eigenvalue weighted by molar-refractivity contribution is 0.0655. The zero-order valence-electron chi connectivity index (χ0n) is 12.1. The summed E-state index contributed by atoms with van der Waals surface area (Å²) in [6, 6.07) is 9.74. The molecule has 1 aromatic carbocycles. The smallest absolute Gasteiger partial charge is 0.0829 e. The van der Waals surface area contributed by atoms with Gasteiger partial charge in [0.1, 0.15) is 0 Å². The average Bonchev–Trinajstić information content (AvgIpc) is 3.01. The van der Waals surface area contributed by atoms with Crippen molar-refractivity contribution in [2.45, 2.75) is 12.5 Å². The summed E-state index contributed by atoms with van der Waals surface area (Å²) in [5.41, 5.74) is 4.64. The largest absolute Gasteiger partial charge is 0.382 e. The van der Waals surface area contributed by atoms with Crippen LogP contribution >= 0.6 is 0 Å². The fourth-order valence-corrected chi connectivity index (χ4v) is 2.01. The van der Waals surface area contributed by atoms with Crippen molar-refractivity contribution >= 4 is 0 Å². The number of hydrogen-bond donors (Lipinski definition) is 2. The standard InChI is InChI=1S/C14H21N5O2/c1-20-9-10-21-8-7-13(17-15)14-11-16-18-19(14)12-5-3-2-4-6-12/h2-6,11,13,17H,7-10,15H2,1H3. The van der Waals surface area contributed by atoms with Crippen molar-refractivity contribution in [1.82, 2.24) is 20.4 Å². The zero-order chi connectivity index (χ0) is 14.9. The van der Waals surface area contributed by atoms with Gasteiger partial charge in [0.15, 0.2) is 0 Å². The molecule has 1 atom stereocenters. The SMILES string of the molecule is COCCOCCC(NN)c1cnnn1-c1ccccc1. The molecule has 0 aliphatic heterocycles. The molecule has 1 heterocycles. The maximum absolute atomic E-state index is 5.65. The number of nitrogens with zero attached hydrogens (tertiary/aromatic N) is 3. The van der Waals surface area contributed by atoms with Gasteiger partial charge in [0, 0.05) is 13.7 Å². The van der Waals surface area contributed by atoms with Crippen LogP contribution in [-0.4, -0.2) is 41.9 Å². The fourth-order valence-electron chi connectivity index (χ4n) is 2.01. The van der Waals surface area contributed by atoms with E-state index in [1.807, 2.05) is 30.3 Å². The van der Waals surface area contributed by atoms with E-state index in [0.717, 1.165) is 17.8 Å². The van der Waals surface area contributed by atoms with E-state index in [4.69, 9.17) is 15.3 Å². The van der Waals surface area contributed by atoms with Gasteiger partial charge >= 0.3 is 0 Å². The van der Waals surface area contributed by atoms with Crippen LogP contribution in [0, 0.1) is 0 Å². The molecular formula is C14H21N5O2. The molecule has 0 aliphatic rings. The van der Waals surface area contributed by atoms with Crippen LogP contribution in [0.15, 0.2) is 36.5 Å². The highest BCUT2D eigenvalue weighted by atomic mass is 16.5. The summed E-state index contributed by atoms with van der Waals surface area (Å²) in [4.78, 5) is 0. The third-order valence-electron chi connectivity index (χ3n) is 3.12. The van der Waals surface area contributed by atoms with E-state index in [2.05, 4.69) is 15.7 Å². The van der Waals surface area contributed by atoms with Gasteiger partial charge in [-0.25, -0.2) is 4.68 Å². The summed E-state index contributed by atoms with van der Waals surface area (Å²) < 4.78 is 12.2. The Morgan fingerprint density at radius 1 is 1.24 bits per heavy atom. The van der Waals surface area contributed by atoms with Crippen molar-refractivity contribution < 1.29 is 9.47 Å². The molecule has 3 N–H and O–H groups in total. The number of ether oxygens (including phenoxy) is 2. The second-order valence-electron chi connectivity index (χ2n) is 4.52. The van der Waals surface area contributed by atoms with Crippen LogP contribution in [0.5, 0.6) is 0 Å². The zero-order valence-corrected chi connectivity index (χ0v) is 12.1. The number of methoxy groups -OCH3 is 1. The van der Waals surface area contributed by atoms with E-state index in [9.17, 15) is 0 Å². The lowest BCUT2D eigenvalue weighted by Crippen LogP contribution is -2.30. The number of para-hydroxylation sites is 1. The van der Waals surface area contributed by atoms with E-state index in [1.54, 1.807) is 18.0 Å². The Balaban J connectivity index is 2.01. The summed E-state index contributed by atoms with van der Waals surface area (Å²) in [5, 5.41) is 8.10. The molecule has 0 spiro atoms. The molecule has 0 saturated carbocycles. The Morgan fingerprint density at radius 3 is 2.76 bits per heavy atom. The van der Waals surface area contributed by atoms with Gasteiger partial charge in [-0.05, 0) is 18.6 Å². The maximum Gasteiger partial charge on any atom is 0.0829 e. The number of nitrogens with two attached hydrogens (primary N) is 1. The van der Waals surface area contributed by atoms with Crippen LogP contribution in [0.4, 0.5) is 0 Å². The molecule has 0 saturated heterocycles. The summed E-state index contributed by atoms with van der Waals surface area (Å²) in [6.07, 6.45) is 2.44. The molecule has 114 valence electrons. The molecule has 0 amide bonds. The Hall–Kier alpha value is -1.80. The van der Waals surface area contributed by atoms with E-state index >= 15 is 0 Å². The van der Waals surface area contributed by atoms with Crippen molar-refractivity contribution in [3.63, 3.8) is 0 Å². The quantitative estimate of drug-likeness (QED) is 0.404. The Kier molecular flexibility index (Phi) is 6.29. The van der Waals surface area contributed by atoms with Crippen molar-refractivity contribution in [3.05, 3.63) is 42.2 Å². The first-order valence-corrected chi connectivity index (χ1v) is 6.85. The number of aromatic nitrogens is 3. The fraction of sp³-hybridized carbons (Fsp3) is 0.429. The highest BCUT2D eigenvalue weighted by molar-refractivity contribution is 5.32. The highest BCUT2D eigenvalue weighted by Gasteiger charge is 2.16. The minimum atomic E-state index is -0.0808. The van der Waals surface area contributed by atoms with Crippen LogP contribution in [0.3, 0.4) is 0 Å². The number of benzene rings is 1. The van der Waals surface area contributed by atoms with Gasteiger partial charge in [0.2, 0.25) is 0 Å². The Labute approximate surface area is 124 Å². The third kappa shape index (κ3) is 4.33. The average molecular weight is 291 g/mol. The summed E-state index contributed by atoms with van der Waals surface area (Å²) in [5.74, 6) is 5.65. The predicted octanol–water partition coefficient (Wildman–Crippen LogP) is 0.825. The van der Waals surface area contributed by atoms with Crippen LogP contribution in [0.2, 0.25) is 0 Å². The molecule has 7 nitrogen and oxygen atoms in total. The minimum absolute atomic E-state index is 0.0808. The van der Waals surface area contributed by atoms with Gasteiger partial charge in [0.05, 0.1) is 36.8 Å². The predicted molar refractivity (Wildman–Crippen MR) is 78.7 cm³/mol. The van der Waals surface area contributed by atoms with Gasteiger partial charge in [-0.15, -0.1) is 5.10 Å². The van der Waals surface area contributed by atoms with Crippen molar-refractivity contribution in [2.24, 2.45) is 5.84 Å². The van der Waals surface area contributed by atoms with Crippen LogP contribution in [-0.2, 0) is 9.47 Å². The lowest BCUT2D eigenvalue weighted by Gasteiger charge is -2.17. The maximum atomic E-state index is 5.65. The van der Waals surface area contributed by atoms with E-state index in [-0.39, 0.29) is 6.04 Å². The number of hydrogen-bond acceptors (Lipinski definition) is 6. The van der Waals surface area contributed by atoms with E-state index in [1.165, 1.54) is 0 Å². The van der Waals surface area contributed by atoms with Crippen LogP contribution < -0.4 is 11.3 Å². The Morgan fingerprint density at radius 2 is 2.05 bits per heavy atom. The van der Waals surface area contributed by atoms with Gasteiger partial charge in [-0.1, -0.05) is 23.4 Å². The molecule has 2 rings (SSSR count). The van der Waals surface area contributed by atoms with Gasteiger partial charge in [-0.2, -0.15) is 0 Å². The van der Waals surface area contributed by atoms with Gasteiger partial charge < -0.3 is 9.47 Å². The molecule has 21 heavy (non-hydrogen) atoms. The third-order valence-corrected chi connectivity index (χ3v) is 3.12. The normalized spacial score (nSPS) is 12.5. The van der Waals surface area contributed by atoms with Crippen molar-refractivity contribution in [1.29, 1.82) is 0 Å². The molecule has 7 heteroatoms. The molecule has 2 aromatic rings. The van der Waals surface area contributed by atoms with Gasteiger partial charge in [-0.3, -0.25) is 11.3 Å². The first kappa shape index (κ1) is 15.6. The molecule has 1 unspecified atom stereocenters. The first-order valence-electron chi connectivity index (χ1n) is 6.85. The molecule has 0 bridgehead atoms. The lowest BCUT2D eigenvalue weighted by atomic mass is 10.1. The number of hydrazine groups is 1. The summed E-state index contributed by atoms with van der Waals surface area (Å²) >= 11 is 0.